The SMILES string of the molecule is CCCn1cc(NC(=O)c2ccc(Br)o2)ccc1=O. The van der Waals surface area contributed by atoms with Crippen molar-refractivity contribution in [2.24, 2.45) is 0 Å². The number of pyridine rings is 1. The summed E-state index contributed by atoms with van der Waals surface area (Å²) in [5.74, 6) is -0.146. The van der Waals surface area contributed by atoms with Crippen molar-refractivity contribution in [1.82, 2.24) is 4.57 Å². The highest BCUT2D eigenvalue weighted by Gasteiger charge is 2.11. The highest BCUT2D eigenvalue weighted by molar-refractivity contribution is 9.10. The molecule has 0 bridgehead atoms. The van der Waals surface area contributed by atoms with Crippen molar-refractivity contribution in [3.05, 3.63) is 51.2 Å². The van der Waals surface area contributed by atoms with Crippen molar-refractivity contribution in [3.63, 3.8) is 0 Å². The van der Waals surface area contributed by atoms with Crippen molar-refractivity contribution >= 4 is 27.5 Å². The summed E-state index contributed by atoms with van der Waals surface area (Å²) in [5, 5.41) is 2.68. The van der Waals surface area contributed by atoms with E-state index in [1.165, 1.54) is 6.07 Å². The van der Waals surface area contributed by atoms with Crippen molar-refractivity contribution in [1.29, 1.82) is 0 Å². The molecule has 0 aliphatic heterocycles. The standard InChI is InChI=1S/C13H13BrN2O3/c1-2-7-16-8-9(3-6-12(16)17)15-13(18)10-4-5-11(14)19-10/h3-6,8H,2,7H2,1H3,(H,15,18). The average Bonchev–Trinajstić information content (AvgIpc) is 2.80. The van der Waals surface area contributed by atoms with Gasteiger partial charge in [0, 0.05) is 18.8 Å². The number of nitrogens with one attached hydrogen (secondary N) is 1. The lowest BCUT2D eigenvalue weighted by molar-refractivity contribution is 0.0995. The summed E-state index contributed by atoms with van der Waals surface area (Å²) in [5.41, 5.74) is 0.478. The van der Waals surface area contributed by atoms with E-state index in [0.717, 1.165) is 6.42 Å². The molecule has 0 saturated carbocycles. The summed E-state index contributed by atoms with van der Waals surface area (Å²) in [6.45, 7) is 2.60. The van der Waals surface area contributed by atoms with Crippen molar-refractivity contribution in [2.75, 3.05) is 5.32 Å². The molecule has 0 aliphatic rings. The zero-order valence-electron chi connectivity index (χ0n) is 10.4. The number of nitrogens with zero attached hydrogens (tertiary/aromatic N) is 1. The summed E-state index contributed by atoms with van der Waals surface area (Å²) < 4.78 is 7.21. The van der Waals surface area contributed by atoms with Gasteiger partial charge in [-0.2, -0.15) is 0 Å². The normalized spacial score (nSPS) is 10.4. The first-order valence-electron chi connectivity index (χ1n) is 5.87. The number of halogens is 1. The van der Waals surface area contributed by atoms with Gasteiger partial charge in [-0.05, 0) is 40.5 Å². The van der Waals surface area contributed by atoms with Gasteiger partial charge in [0.25, 0.3) is 11.5 Å². The smallest absolute Gasteiger partial charge is 0.291 e. The summed E-state index contributed by atoms with van der Waals surface area (Å²) in [6.07, 6.45) is 2.48. The minimum Gasteiger partial charge on any atom is -0.444 e. The second-order valence-electron chi connectivity index (χ2n) is 4.01. The van der Waals surface area contributed by atoms with Gasteiger partial charge in [0.15, 0.2) is 10.4 Å². The van der Waals surface area contributed by atoms with Gasteiger partial charge in [-0.15, -0.1) is 0 Å². The molecule has 6 heteroatoms. The molecule has 0 radical (unpaired) electrons. The molecule has 0 aliphatic carbocycles. The number of rotatable bonds is 4. The second-order valence-corrected chi connectivity index (χ2v) is 4.79. The maximum Gasteiger partial charge on any atom is 0.291 e. The van der Waals surface area contributed by atoms with E-state index in [2.05, 4.69) is 21.2 Å². The third-order valence-electron chi connectivity index (χ3n) is 2.50. The van der Waals surface area contributed by atoms with Crippen LogP contribution in [0, 0.1) is 0 Å². The molecule has 5 nitrogen and oxygen atoms in total. The van der Waals surface area contributed by atoms with E-state index in [4.69, 9.17) is 4.42 Å². The van der Waals surface area contributed by atoms with Gasteiger partial charge in [0.05, 0.1) is 5.69 Å². The molecule has 1 amide bonds. The number of carbonyl (C=O) groups excluding carboxylic acids is 1. The van der Waals surface area contributed by atoms with Gasteiger partial charge in [0.2, 0.25) is 0 Å². The fourth-order valence-electron chi connectivity index (χ4n) is 1.65. The lowest BCUT2D eigenvalue weighted by atomic mass is 10.3. The Morgan fingerprint density at radius 1 is 1.37 bits per heavy atom. The molecule has 0 spiro atoms. The number of hydrogen-bond donors (Lipinski definition) is 1. The maximum absolute atomic E-state index is 11.9. The van der Waals surface area contributed by atoms with Crippen LogP contribution in [0.15, 0.2) is 44.3 Å². The number of aryl methyl sites for hydroxylation is 1. The molecule has 0 atom stereocenters. The average molecular weight is 325 g/mol. The summed E-state index contributed by atoms with van der Waals surface area (Å²) in [6, 6.07) is 6.22. The fraction of sp³-hybridized carbons (Fsp3) is 0.231. The summed E-state index contributed by atoms with van der Waals surface area (Å²) >= 11 is 3.14. The Balaban J connectivity index is 2.17. The lowest BCUT2D eigenvalue weighted by Crippen LogP contribution is -2.20. The molecule has 1 N–H and O–H groups in total. The summed E-state index contributed by atoms with van der Waals surface area (Å²) in [7, 11) is 0. The van der Waals surface area contributed by atoms with Crippen molar-refractivity contribution in [3.8, 4) is 0 Å². The monoisotopic (exact) mass is 324 g/mol. The molecule has 2 aromatic rings. The molecule has 2 rings (SSSR count). The number of amides is 1. The Morgan fingerprint density at radius 2 is 2.16 bits per heavy atom. The first-order valence-corrected chi connectivity index (χ1v) is 6.66. The molecular formula is C13H13BrN2O3. The van der Waals surface area contributed by atoms with E-state index in [0.29, 0.717) is 16.9 Å². The quantitative estimate of drug-likeness (QED) is 0.940. The van der Waals surface area contributed by atoms with Gasteiger partial charge in [-0.25, -0.2) is 0 Å². The molecule has 0 aromatic carbocycles. The molecule has 0 saturated heterocycles. The van der Waals surface area contributed by atoms with Crippen LogP contribution in [0.3, 0.4) is 0 Å². The van der Waals surface area contributed by atoms with Crippen LogP contribution in [0.4, 0.5) is 5.69 Å². The fourth-order valence-corrected chi connectivity index (χ4v) is 1.96. The Kier molecular flexibility index (Phi) is 4.21. The van der Waals surface area contributed by atoms with Crippen LogP contribution in [-0.2, 0) is 6.54 Å². The number of carbonyl (C=O) groups is 1. The third kappa shape index (κ3) is 3.35. The van der Waals surface area contributed by atoms with E-state index < -0.39 is 0 Å². The molecule has 2 heterocycles. The first-order chi connectivity index (χ1) is 9.10. The van der Waals surface area contributed by atoms with Gasteiger partial charge >= 0.3 is 0 Å². The topological polar surface area (TPSA) is 64.2 Å². The van der Waals surface area contributed by atoms with Crippen LogP contribution in [0.5, 0.6) is 0 Å². The Hall–Kier alpha value is -1.82. The third-order valence-corrected chi connectivity index (χ3v) is 2.93. The minimum atomic E-state index is -0.354. The Morgan fingerprint density at radius 3 is 2.79 bits per heavy atom. The van der Waals surface area contributed by atoms with Crippen molar-refractivity contribution in [2.45, 2.75) is 19.9 Å². The first kappa shape index (κ1) is 13.6. The Labute approximate surface area is 118 Å². The lowest BCUT2D eigenvalue weighted by Gasteiger charge is -2.07. The largest absolute Gasteiger partial charge is 0.444 e. The highest BCUT2D eigenvalue weighted by atomic mass is 79.9. The van der Waals surface area contributed by atoms with Gasteiger partial charge in [-0.3, -0.25) is 9.59 Å². The van der Waals surface area contributed by atoms with Crippen LogP contribution in [0.2, 0.25) is 0 Å². The van der Waals surface area contributed by atoms with Crippen LogP contribution in [0.1, 0.15) is 23.9 Å². The van der Waals surface area contributed by atoms with Crippen LogP contribution < -0.4 is 10.9 Å². The van der Waals surface area contributed by atoms with E-state index in [-0.39, 0.29) is 17.2 Å². The van der Waals surface area contributed by atoms with Crippen LogP contribution >= 0.6 is 15.9 Å². The second kappa shape index (κ2) is 5.88. The molecule has 2 aromatic heterocycles. The predicted octanol–water partition coefficient (Wildman–Crippen LogP) is 2.87. The molecule has 0 unspecified atom stereocenters. The summed E-state index contributed by atoms with van der Waals surface area (Å²) in [4.78, 5) is 23.4. The van der Waals surface area contributed by atoms with Gasteiger partial charge in [-0.1, -0.05) is 6.92 Å². The van der Waals surface area contributed by atoms with E-state index >= 15 is 0 Å². The number of aromatic nitrogens is 1. The van der Waals surface area contributed by atoms with Crippen LogP contribution in [0.25, 0.3) is 0 Å². The molecule has 19 heavy (non-hydrogen) atoms. The minimum absolute atomic E-state index is 0.0828. The van der Waals surface area contributed by atoms with E-state index in [1.54, 1.807) is 29.0 Å². The van der Waals surface area contributed by atoms with Crippen LogP contribution in [-0.4, -0.2) is 10.5 Å². The Bertz CT molecular complexity index is 645. The number of hydrogen-bond acceptors (Lipinski definition) is 3. The number of anilines is 1. The van der Waals surface area contributed by atoms with Gasteiger partial charge in [0.1, 0.15) is 0 Å². The van der Waals surface area contributed by atoms with E-state index in [9.17, 15) is 9.59 Å². The zero-order chi connectivity index (χ0) is 13.8. The zero-order valence-corrected chi connectivity index (χ0v) is 11.9. The highest BCUT2D eigenvalue weighted by Crippen LogP contribution is 2.15. The molecule has 100 valence electrons. The molecule has 0 fully saturated rings. The predicted molar refractivity (Wildman–Crippen MR) is 75.4 cm³/mol. The maximum atomic E-state index is 11.9. The molecular weight excluding hydrogens is 312 g/mol. The van der Waals surface area contributed by atoms with Gasteiger partial charge < -0.3 is 14.3 Å². The van der Waals surface area contributed by atoms with Crippen molar-refractivity contribution < 1.29 is 9.21 Å². The number of furan rings is 1. The van der Waals surface area contributed by atoms with E-state index in [1.807, 2.05) is 6.92 Å².